The van der Waals surface area contributed by atoms with Crippen LogP contribution in [0.2, 0.25) is 0 Å². The van der Waals surface area contributed by atoms with E-state index in [1.54, 1.807) is 0 Å². The second kappa shape index (κ2) is 1.90. The maximum Gasteiger partial charge on any atom is 0.156 e. The molecule has 0 aromatic carbocycles. The molecule has 0 bridgehead atoms. The highest BCUT2D eigenvalue weighted by molar-refractivity contribution is 5.23. The van der Waals surface area contributed by atoms with E-state index in [1.807, 2.05) is 0 Å². The van der Waals surface area contributed by atoms with Crippen LogP contribution in [0.4, 0.5) is 5.82 Å². The van der Waals surface area contributed by atoms with Crippen molar-refractivity contribution in [1.82, 2.24) is 15.2 Å². The van der Waals surface area contributed by atoms with Crippen molar-refractivity contribution in [2.75, 3.05) is 5.73 Å². The van der Waals surface area contributed by atoms with Gasteiger partial charge < -0.3 is 5.73 Å². The normalized spacial score (nSPS) is 17.2. The predicted molar refractivity (Wildman–Crippen MR) is 36.2 cm³/mol. The molecule has 1 heterocycles. The molecule has 1 aliphatic rings. The van der Waals surface area contributed by atoms with Crippen molar-refractivity contribution in [2.45, 2.75) is 18.8 Å². The number of anilines is 1. The van der Waals surface area contributed by atoms with E-state index < -0.39 is 0 Å². The molecule has 0 unspecified atom stereocenters. The molecule has 4 nitrogen and oxygen atoms in total. The highest BCUT2D eigenvalue weighted by atomic mass is 15.2. The number of nitrogens with zero attached hydrogens (tertiary/aromatic N) is 3. The van der Waals surface area contributed by atoms with Crippen LogP contribution >= 0.6 is 0 Å². The van der Waals surface area contributed by atoms with Crippen molar-refractivity contribution in [3.63, 3.8) is 0 Å². The van der Waals surface area contributed by atoms with Gasteiger partial charge in [0.15, 0.2) is 5.82 Å². The van der Waals surface area contributed by atoms with Crippen molar-refractivity contribution < 1.29 is 0 Å². The number of nitrogens with two attached hydrogens (primary N) is 1. The summed E-state index contributed by atoms with van der Waals surface area (Å²) in [6.07, 6.45) is 3.84. The minimum absolute atomic E-state index is 0.469. The standard InChI is InChI=1S/C6H8N4/c7-5-3-8-10-6(9-5)4-1-2-4/h3-4H,1-2H2,(H2,7,9,10). The van der Waals surface area contributed by atoms with E-state index in [0.29, 0.717) is 11.7 Å². The third kappa shape index (κ3) is 0.920. The van der Waals surface area contributed by atoms with Gasteiger partial charge in [-0.3, -0.25) is 0 Å². The van der Waals surface area contributed by atoms with Gasteiger partial charge in [-0.25, -0.2) is 4.98 Å². The maximum absolute atomic E-state index is 5.41. The fraction of sp³-hybridized carbons (Fsp3) is 0.500. The summed E-state index contributed by atoms with van der Waals surface area (Å²) >= 11 is 0. The molecule has 0 atom stereocenters. The smallest absolute Gasteiger partial charge is 0.156 e. The van der Waals surface area contributed by atoms with Gasteiger partial charge in [-0.05, 0) is 12.8 Å². The Kier molecular flexibility index (Phi) is 1.06. The fourth-order valence-corrected chi connectivity index (χ4v) is 0.845. The monoisotopic (exact) mass is 136 g/mol. The Balaban J connectivity index is 2.32. The van der Waals surface area contributed by atoms with Crippen LogP contribution in [-0.4, -0.2) is 15.2 Å². The lowest BCUT2D eigenvalue weighted by Gasteiger charge is -1.93. The van der Waals surface area contributed by atoms with E-state index in [0.717, 1.165) is 5.82 Å². The molecule has 52 valence electrons. The van der Waals surface area contributed by atoms with Gasteiger partial charge in [0.05, 0.1) is 6.20 Å². The second-order valence-electron chi connectivity index (χ2n) is 2.51. The Morgan fingerprint density at radius 2 is 2.30 bits per heavy atom. The highest BCUT2D eigenvalue weighted by Gasteiger charge is 2.26. The minimum atomic E-state index is 0.469. The molecular weight excluding hydrogens is 128 g/mol. The van der Waals surface area contributed by atoms with E-state index in [9.17, 15) is 0 Å². The van der Waals surface area contributed by atoms with Gasteiger partial charge in [-0.2, -0.15) is 5.10 Å². The van der Waals surface area contributed by atoms with Crippen LogP contribution in [0, 0.1) is 0 Å². The van der Waals surface area contributed by atoms with E-state index >= 15 is 0 Å². The molecule has 4 heteroatoms. The Morgan fingerprint density at radius 3 is 2.90 bits per heavy atom. The molecule has 0 radical (unpaired) electrons. The average Bonchev–Trinajstić information content (AvgIpc) is 2.68. The van der Waals surface area contributed by atoms with Crippen LogP contribution in [0.15, 0.2) is 6.20 Å². The summed E-state index contributed by atoms with van der Waals surface area (Å²) in [6, 6.07) is 0. The first-order chi connectivity index (χ1) is 4.86. The summed E-state index contributed by atoms with van der Waals surface area (Å²) in [4.78, 5) is 4.04. The zero-order chi connectivity index (χ0) is 6.97. The Hall–Kier alpha value is -1.19. The quantitative estimate of drug-likeness (QED) is 0.604. The van der Waals surface area contributed by atoms with Crippen LogP contribution in [0.1, 0.15) is 24.6 Å². The summed E-state index contributed by atoms with van der Waals surface area (Å²) in [5.41, 5.74) is 5.41. The molecule has 1 aromatic rings. The summed E-state index contributed by atoms with van der Waals surface area (Å²) in [5.74, 6) is 1.81. The van der Waals surface area contributed by atoms with Gasteiger partial charge in [0.25, 0.3) is 0 Å². The minimum Gasteiger partial charge on any atom is -0.382 e. The predicted octanol–water partition coefficient (Wildman–Crippen LogP) is 0.331. The molecular formula is C6H8N4. The molecule has 10 heavy (non-hydrogen) atoms. The van der Waals surface area contributed by atoms with Gasteiger partial charge in [0.1, 0.15) is 5.82 Å². The van der Waals surface area contributed by atoms with Gasteiger partial charge in [-0.1, -0.05) is 0 Å². The molecule has 0 spiro atoms. The van der Waals surface area contributed by atoms with Gasteiger partial charge >= 0.3 is 0 Å². The van der Waals surface area contributed by atoms with Crippen LogP contribution in [0.5, 0.6) is 0 Å². The third-order valence-corrected chi connectivity index (χ3v) is 1.54. The van der Waals surface area contributed by atoms with Gasteiger partial charge in [0, 0.05) is 5.92 Å². The molecule has 0 amide bonds. The summed E-state index contributed by atoms with van der Waals surface area (Å²) in [7, 11) is 0. The number of nitrogen functional groups attached to an aromatic ring is 1. The van der Waals surface area contributed by atoms with E-state index in [2.05, 4.69) is 15.2 Å². The van der Waals surface area contributed by atoms with Crippen molar-refractivity contribution in [2.24, 2.45) is 0 Å². The SMILES string of the molecule is Nc1cnnc(C2CC2)n1. The van der Waals surface area contributed by atoms with Crippen molar-refractivity contribution in [1.29, 1.82) is 0 Å². The number of aromatic nitrogens is 3. The van der Waals surface area contributed by atoms with Gasteiger partial charge in [-0.15, -0.1) is 5.10 Å². The zero-order valence-electron chi connectivity index (χ0n) is 5.49. The van der Waals surface area contributed by atoms with Crippen LogP contribution in [0.25, 0.3) is 0 Å². The first kappa shape index (κ1) is 5.58. The lowest BCUT2D eigenvalue weighted by Crippen LogP contribution is -1.99. The molecule has 2 rings (SSSR count). The lowest BCUT2D eigenvalue weighted by molar-refractivity contribution is 0.844. The number of hydrogen-bond acceptors (Lipinski definition) is 4. The van der Waals surface area contributed by atoms with Crippen LogP contribution in [0.3, 0.4) is 0 Å². The van der Waals surface area contributed by atoms with Crippen LogP contribution in [-0.2, 0) is 0 Å². The van der Waals surface area contributed by atoms with Crippen molar-refractivity contribution in [3.05, 3.63) is 12.0 Å². The topological polar surface area (TPSA) is 64.7 Å². The van der Waals surface area contributed by atoms with E-state index in [4.69, 9.17) is 5.73 Å². The molecule has 1 saturated carbocycles. The van der Waals surface area contributed by atoms with Crippen molar-refractivity contribution >= 4 is 5.82 Å². The summed E-state index contributed by atoms with van der Waals surface area (Å²) in [6.45, 7) is 0. The molecule has 2 N–H and O–H groups in total. The lowest BCUT2D eigenvalue weighted by atomic mass is 10.4. The largest absolute Gasteiger partial charge is 0.382 e. The molecule has 1 aromatic heterocycles. The third-order valence-electron chi connectivity index (χ3n) is 1.54. The number of hydrogen-bond donors (Lipinski definition) is 1. The first-order valence-electron chi connectivity index (χ1n) is 3.31. The molecule has 1 aliphatic carbocycles. The summed E-state index contributed by atoms with van der Waals surface area (Å²) < 4.78 is 0. The summed E-state index contributed by atoms with van der Waals surface area (Å²) in [5, 5.41) is 7.57. The molecule has 1 fully saturated rings. The first-order valence-corrected chi connectivity index (χ1v) is 3.31. The van der Waals surface area contributed by atoms with Gasteiger partial charge in [0.2, 0.25) is 0 Å². The van der Waals surface area contributed by atoms with E-state index in [1.165, 1.54) is 19.0 Å². The highest BCUT2D eigenvalue weighted by Crippen LogP contribution is 2.37. The Labute approximate surface area is 58.5 Å². The number of rotatable bonds is 1. The molecule has 0 aliphatic heterocycles. The molecule has 0 saturated heterocycles. The van der Waals surface area contributed by atoms with Crippen molar-refractivity contribution in [3.8, 4) is 0 Å². The van der Waals surface area contributed by atoms with Crippen LogP contribution < -0.4 is 5.73 Å². The van der Waals surface area contributed by atoms with E-state index in [-0.39, 0.29) is 0 Å². The Morgan fingerprint density at radius 1 is 1.50 bits per heavy atom. The second-order valence-corrected chi connectivity index (χ2v) is 2.51. The average molecular weight is 136 g/mol. The fourth-order valence-electron chi connectivity index (χ4n) is 0.845. The zero-order valence-corrected chi connectivity index (χ0v) is 5.49. The maximum atomic E-state index is 5.41. The Bertz CT molecular complexity index is 243.